The van der Waals surface area contributed by atoms with E-state index in [2.05, 4.69) is 4.18 Å². The average Bonchev–Trinajstić information content (AvgIpc) is 2.15. The van der Waals surface area contributed by atoms with Crippen molar-refractivity contribution in [3.05, 3.63) is 24.3 Å². The van der Waals surface area contributed by atoms with Crippen molar-refractivity contribution >= 4 is 57.1 Å². The summed E-state index contributed by atoms with van der Waals surface area (Å²) in [6.45, 7) is 1.16. The Morgan fingerprint density at radius 1 is 1.22 bits per heavy atom. The first-order valence-corrected chi connectivity index (χ1v) is 6.04. The number of rotatable bonds is 4. The van der Waals surface area contributed by atoms with Gasteiger partial charge in [0.25, 0.3) is 0 Å². The van der Waals surface area contributed by atoms with Gasteiger partial charge in [-0.25, -0.2) is 0 Å². The summed E-state index contributed by atoms with van der Waals surface area (Å²) < 4.78 is 27.3. The van der Waals surface area contributed by atoms with Gasteiger partial charge in [-0.1, -0.05) is 0 Å². The largest absolute Gasteiger partial charge is 0.399 e. The van der Waals surface area contributed by atoms with E-state index >= 15 is 0 Å². The van der Waals surface area contributed by atoms with Crippen LogP contribution in [-0.2, 0) is 23.9 Å². The predicted molar refractivity (Wildman–Crippen MR) is 65.2 cm³/mol. The maximum absolute atomic E-state index is 11.5. The monoisotopic (exact) mass is 280 g/mol. The van der Waals surface area contributed by atoms with Gasteiger partial charge in [-0.05, 0) is 31.2 Å². The Hall–Kier alpha value is -0.890. The molecule has 0 unspecified atom stereocenters. The van der Waals surface area contributed by atoms with Gasteiger partial charge in [0.2, 0.25) is 0 Å². The number of benzene rings is 1. The topological polar surface area (TPSA) is 104 Å². The Morgan fingerprint density at radius 3 is 2.17 bits per heavy atom. The Morgan fingerprint density at radius 2 is 1.72 bits per heavy atom. The van der Waals surface area contributed by atoms with Crippen LogP contribution in [0.15, 0.2) is 29.2 Å². The van der Waals surface area contributed by atoms with E-state index in [0.717, 1.165) is 6.92 Å². The van der Waals surface area contributed by atoms with Crippen LogP contribution in [0.25, 0.3) is 0 Å². The van der Waals surface area contributed by atoms with Crippen LogP contribution < -0.4 is 5.73 Å². The first kappa shape index (κ1) is 17.1. The zero-order valence-corrected chi connectivity index (χ0v) is 12.9. The van der Waals surface area contributed by atoms with Gasteiger partial charge in [-0.3, -0.25) is 9.59 Å². The summed E-state index contributed by atoms with van der Waals surface area (Å²) in [5.74, 6) is -1.57. The minimum Gasteiger partial charge on any atom is -0.399 e. The van der Waals surface area contributed by atoms with Gasteiger partial charge < -0.3 is 9.92 Å². The molecule has 0 atom stereocenters. The van der Waals surface area contributed by atoms with E-state index < -0.39 is 28.3 Å². The second kappa shape index (κ2) is 6.89. The summed E-state index contributed by atoms with van der Waals surface area (Å²) in [5.41, 5.74) is 5.78. The summed E-state index contributed by atoms with van der Waals surface area (Å²) in [5, 5.41) is 0. The Labute approximate surface area is 127 Å². The van der Waals surface area contributed by atoms with E-state index in [1.165, 1.54) is 24.3 Å². The molecule has 0 saturated heterocycles. The van der Waals surface area contributed by atoms with Crippen molar-refractivity contribution in [2.75, 3.05) is 5.73 Å². The van der Waals surface area contributed by atoms with E-state index in [4.69, 9.17) is 5.73 Å². The molecular weight excluding hydrogens is 269 g/mol. The zero-order valence-electron chi connectivity index (χ0n) is 10.0. The quantitative estimate of drug-likeness (QED) is 0.363. The van der Waals surface area contributed by atoms with Crippen molar-refractivity contribution in [2.45, 2.75) is 18.2 Å². The van der Waals surface area contributed by atoms with Crippen LogP contribution in [0.5, 0.6) is 0 Å². The number of nitrogens with two attached hydrogens (primary N) is 1. The minimum atomic E-state index is -4.18. The van der Waals surface area contributed by atoms with Crippen LogP contribution in [-0.4, -0.2) is 49.7 Å². The van der Waals surface area contributed by atoms with Crippen molar-refractivity contribution in [1.82, 2.24) is 0 Å². The third kappa shape index (κ3) is 5.18. The normalized spacial score (nSPS) is 10.3. The fourth-order valence-electron chi connectivity index (χ4n) is 1.04. The number of carbonyl (C=O) groups is 2. The molecular formula is C10H11NNaO5S. The van der Waals surface area contributed by atoms with E-state index in [9.17, 15) is 18.0 Å². The van der Waals surface area contributed by atoms with Crippen molar-refractivity contribution in [3.8, 4) is 0 Å². The standard InChI is InChI=1S/C10H11NO5S.Na/c1-7(12)6-10(13)16-17(14,15)9-4-2-8(11)3-5-9;/h2-5H,6,11H2,1H3;. The second-order valence-corrected chi connectivity index (χ2v) is 4.90. The SMILES string of the molecule is CC(=O)CC(=O)OS(=O)(=O)c1ccc(N)cc1.[Na]. The summed E-state index contributed by atoms with van der Waals surface area (Å²) >= 11 is 0. The molecule has 1 aromatic rings. The van der Waals surface area contributed by atoms with Crippen molar-refractivity contribution in [2.24, 2.45) is 0 Å². The van der Waals surface area contributed by atoms with E-state index in [1.54, 1.807) is 0 Å². The molecule has 0 aliphatic rings. The average molecular weight is 280 g/mol. The number of hydrogen-bond donors (Lipinski definition) is 1. The smallest absolute Gasteiger partial charge is 0.341 e. The van der Waals surface area contributed by atoms with Crippen LogP contribution in [0.4, 0.5) is 5.69 Å². The minimum absolute atomic E-state index is 0. The van der Waals surface area contributed by atoms with E-state index in [-0.39, 0.29) is 34.5 Å². The molecule has 1 radical (unpaired) electrons. The van der Waals surface area contributed by atoms with Crippen molar-refractivity contribution < 1.29 is 22.2 Å². The number of hydrogen-bond acceptors (Lipinski definition) is 6. The molecule has 8 heteroatoms. The summed E-state index contributed by atoms with van der Waals surface area (Å²) in [7, 11) is -4.18. The molecule has 0 saturated carbocycles. The Balaban J connectivity index is 0.00000289. The van der Waals surface area contributed by atoms with Crippen LogP contribution in [0, 0.1) is 0 Å². The molecule has 93 valence electrons. The number of carbonyl (C=O) groups excluding carboxylic acids is 2. The van der Waals surface area contributed by atoms with Crippen molar-refractivity contribution in [3.63, 3.8) is 0 Å². The zero-order chi connectivity index (χ0) is 13.1. The van der Waals surface area contributed by atoms with Gasteiger partial charge in [0.05, 0.1) is 0 Å². The van der Waals surface area contributed by atoms with E-state index in [0.29, 0.717) is 5.69 Å². The number of anilines is 1. The van der Waals surface area contributed by atoms with Crippen LogP contribution >= 0.6 is 0 Å². The van der Waals surface area contributed by atoms with Crippen LogP contribution in [0.1, 0.15) is 13.3 Å². The van der Waals surface area contributed by atoms with Crippen LogP contribution in [0.3, 0.4) is 0 Å². The molecule has 18 heavy (non-hydrogen) atoms. The first-order chi connectivity index (χ1) is 7.81. The number of ketones is 1. The Kier molecular flexibility index (Phi) is 6.55. The molecule has 0 heterocycles. The number of nitrogen functional groups attached to an aromatic ring is 1. The summed E-state index contributed by atoms with van der Waals surface area (Å²) in [4.78, 5) is 21.5. The molecule has 1 aromatic carbocycles. The maximum Gasteiger partial charge on any atom is 0.341 e. The molecule has 0 aliphatic carbocycles. The van der Waals surface area contributed by atoms with Gasteiger partial charge in [-0.15, -0.1) is 0 Å². The van der Waals surface area contributed by atoms with E-state index in [1.807, 2.05) is 0 Å². The third-order valence-corrected chi connectivity index (χ3v) is 3.02. The maximum atomic E-state index is 11.5. The molecule has 2 N–H and O–H groups in total. The fourth-order valence-corrected chi connectivity index (χ4v) is 1.91. The van der Waals surface area contributed by atoms with Gasteiger partial charge >= 0.3 is 16.1 Å². The molecule has 1 rings (SSSR count). The third-order valence-electron chi connectivity index (χ3n) is 1.76. The van der Waals surface area contributed by atoms with Crippen molar-refractivity contribution in [1.29, 1.82) is 0 Å². The van der Waals surface area contributed by atoms with Gasteiger partial charge in [0, 0.05) is 35.2 Å². The molecule has 6 nitrogen and oxygen atoms in total. The molecule has 0 aliphatic heterocycles. The molecule has 0 bridgehead atoms. The van der Waals surface area contributed by atoms with Gasteiger partial charge in [0.1, 0.15) is 17.1 Å². The molecule has 0 spiro atoms. The summed E-state index contributed by atoms with van der Waals surface area (Å²) in [6, 6.07) is 5.16. The fraction of sp³-hybridized carbons (Fsp3) is 0.200. The Bertz CT molecular complexity index is 538. The second-order valence-electron chi connectivity index (χ2n) is 3.36. The molecule has 0 aromatic heterocycles. The first-order valence-electron chi connectivity index (χ1n) is 4.63. The van der Waals surface area contributed by atoms with Gasteiger partial charge in [0.15, 0.2) is 0 Å². The molecule has 0 amide bonds. The van der Waals surface area contributed by atoms with Crippen LogP contribution in [0.2, 0.25) is 0 Å². The van der Waals surface area contributed by atoms with Gasteiger partial charge in [-0.2, -0.15) is 8.42 Å². The number of Topliss-reactive ketones (excluding diaryl/α,β-unsaturated/α-hetero) is 1. The summed E-state index contributed by atoms with van der Waals surface area (Å²) in [6.07, 6.45) is -0.575. The predicted octanol–water partition coefficient (Wildman–Crippen LogP) is 0.0990. The molecule has 0 fully saturated rings.